The van der Waals surface area contributed by atoms with Gasteiger partial charge in [0.15, 0.2) is 0 Å². The van der Waals surface area contributed by atoms with E-state index in [2.05, 4.69) is 26.6 Å². The topological polar surface area (TPSA) is 41.1 Å². The summed E-state index contributed by atoms with van der Waals surface area (Å²) in [5.41, 5.74) is 2.97. The Morgan fingerprint density at radius 1 is 1.29 bits per heavy atom. The van der Waals surface area contributed by atoms with E-state index < -0.39 is 5.82 Å². The van der Waals surface area contributed by atoms with Crippen molar-refractivity contribution in [3.63, 3.8) is 0 Å². The highest BCUT2D eigenvalue weighted by atomic mass is 79.9. The summed E-state index contributed by atoms with van der Waals surface area (Å²) >= 11 is 3.28. The van der Waals surface area contributed by atoms with Crippen LogP contribution in [0.15, 0.2) is 40.9 Å². The van der Waals surface area contributed by atoms with Crippen molar-refractivity contribution in [3.8, 4) is 0 Å². The minimum atomic E-state index is -0.446. The van der Waals surface area contributed by atoms with Crippen LogP contribution in [0.5, 0.6) is 0 Å². The average molecular weight is 349 g/mol. The average Bonchev–Trinajstić information content (AvgIpc) is 2.50. The maximum Gasteiger partial charge on any atom is 0.256 e. The van der Waals surface area contributed by atoms with Gasteiger partial charge in [0.25, 0.3) is 5.91 Å². The molecule has 0 aliphatic carbocycles. The Hall–Kier alpha value is -1.72. The molecule has 0 saturated carbocycles. The molecular weight excluding hydrogens is 335 g/mol. The van der Waals surface area contributed by atoms with Crippen molar-refractivity contribution in [2.75, 3.05) is 11.9 Å². The van der Waals surface area contributed by atoms with E-state index >= 15 is 0 Å². The van der Waals surface area contributed by atoms with E-state index in [4.69, 9.17) is 0 Å². The number of hydrogen-bond donors (Lipinski definition) is 2. The first-order valence-electron chi connectivity index (χ1n) is 6.73. The van der Waals surface area contributed by atoms with Crippen LogP contribution in [0.4, 0.5) is 10.1 Å². The molecule has 2 aromatic rings. The number of amides is 1. The van der Waals surface area contributed by atoms with E-state index in [1.165, 1.54) is 6.07 Å². The molecule has 0 spiro atoms. The molecule has 5 heteroatoms. The smallest absolute Gasteiger partial charge is 0.256 e. The molecule has 2 N–H and O–H groups in total. The van der Waals surface area contributed by atoms with Gasteiger partial charge in [-0.05, 0) is 48.4 Å². The second kappa shape index (κ2) is 5.95. The molecule has 2 aromatic carbocycles. The number of nitrogens with one attached hydrogen (secondary N) is 2. The zero-order valence-electron chi connectivity index (χ0n) is 11.2. The van der Waals surface area contributed by atoms with E-state index in [0.29, 0.717) is 5.56 Å². The molecule has 0 saturated heterocycles. The number of anilines is 1. The lowest BCUT2D eigenvalue weighted by Crippen LogP contribution is -2.26. The lowest BCUT2D eigenvalue weighted by molar-refractivity contribution is 0.102. The molecule has 3 nitrogen and oxygen atoms in total. The number of halogens is 2. The van der Waals surface area contributed by atoms with Gasteiger partial charge in [0.2, 0.25) is 0 Å². The van der Waals surface area contributed by atoms with Crippen LogP contribution in [0.3, 0.4) is 0 Å². The quantitative estimate of drug-likeness (QED) is 0.872. The van der Waals surface area contributed by atoms with Gasteiger partial charge in [-0.2, -0.15) is 0 Å². The molecule has 0 fully saturated rings. The maximum atomic E-state index is 13.7. The van der Waals surface area contributed by atoms with E-state index in [-0.39, 0.29) is 11.6 Å². The number of hydrogen-bond acceptors (Lipinski definition) is 2. The highest BCUT2D eigenvalue weighted by molar-refractivity contribution is 9.10. The molecule has 1 amide bonds. The molecule has 3 rings (SSSR count). The second-order valence-corrected chi connectivity index (χ2v) is 5.86. The molecule has 0 bridgehead atoms. The number of carbonyl (C=O) groups is 1. The Morgan fingerprint density at radius 2 is 2.14 bits per heavy atom. The zero-order chi connectivity index (χ0) is 14.8. The van der Waals surface area contributed by atoms with Crippen LogP contribution in [-0.2, 0) is 13.0 Å². The molecule has 1 aliphatic rings. The Kier molecular flexibility index (Phi) is 4.03. The number of benzene rings is 2. The number of carbonyl (C=O) groups excluding carboxylic acids is 1. The number of fused-ring (bicyclic) bond motifs is 1. The van der Waals surface area contributed by atoms with Gasteiger partial charge in [0.05, 0.1) is 5.69 Å². The third-order valence-corrected chi connectivity index (χ3v) is 4.05. The van der Waals surface area contributed by atoms with Crippen LogP contribution in [0, 0.1) is 5.82 Å². The SMILES string of the molecule is O=C(Nc1cc(Br)ccc1F)c1cccc2c1CCNC2. The van der Waals surface area contributed by atoms with Gasteiger partial charge in [-0.15, -0.1) is 0 Å². The second-order valence-electron chi connectivity index (χ2n) is 4.95. The molecule has 108 valence electrons. The van der Waals surface area contributed by atoms with Crippen LogP contribution >= 0.6 is 15.9 Å². The third kappa shape index (κ3) is 2.99. The van der Waals surface area contributed by atoms with Gasteiger partial charge in [0.1, 0.15) is 5.82 Å². The van der Waals surface area contributed by atoms with Crippen molar-refractivity contribution in [2.45, 2.75) is 13.0 Å². The molecule has 21 heavy (non-hydrogen) atoms. The highest BCUT2D eigenvalue weighted by Gasteiger charge is 2.18. The van der Waals surface area contributed by atoms with Gasteiger partial charge < -0.3 is 10.6 Å². The molecule has 0 unspecified atom stereocenters. The summed E-state index contributed by atoms with van der Waals surface area (Å²) in [6.45, 7) is 1.62. The fourth-order valence-electron chi connectivity index (χ4n) is 2.53. The Labute approximate surface area is 130 Å². The molecule has 1 aliphatic heterocycles. The van der Waals surface area contributed by atoms with Crippen molar-refractivity contribution in [2.24, 2.45) is 0 Å². The van der Waals surface area contributed by atoms with Crippen molar-refractivity contribution >= 4 is 27.5 Å². The minimum Gasteiger partial charge on any atom is -0.319 e. The van der Waals surface area contributed by atoms with E-state index in [1.807, 2.05) is 12.1 Å². The Bertz CT molecular complexity index is 703. The standard InChI is InChI=1S/C16H14BrFN2O/c17-11-4-5-14(18)15(8-11)20-16(21)13-3-1-2-10-9-19-7-6-12(10)13/h1-5,8,19H,6-7,9H2,(H,20,21). The summed E-state index contributed by atoms with van der Waals surface area (Å²) in [5, 5.41) is 5.93. The monoisotopic (exact) mass is 348 g/mol. The van der Waals surface area contributed by atoms with Gasteiger partial charge in [-0.1, -0.05) is 28.1 Å². The lowest BCUT2D eigenvalue weighted by Gasteiger charge is -2.20. The zero-order valence-corrected chi connectivity index (χ0v) is 12.8. The van der Waals surface area contributed by atoms with Gasteiger partial charge >= 0.3 is 0 Å². The van der Waals surface area contributed by atoms with E-state index in [9.17, 15) is 9.18 Å². The predicted molar refractivity (Wildman–Crippen MR) is 83.9 cm³/mol. The summed E-state index contributed by atoms with van der Waals surface area (Å²) in [5.74, 6) is -0.719. The van der Waals surface area contributed by atoms with Crippen molar-refractivity contribution in [1.29, 1.82) is 0 Å². The predicted octanol–water partition coefficient (Wildman–Crippen LogP) is 3.49. The molecular formula is C16H14BrFN2O. The summed E-state index contributed by atoms with van der Waals surface area (Å²) in [4.78, 5) is 12.4. The summed E-state index contributed by atoms with van der Waals surface area (Å²) in [7, 11) is 0. The first kappa shape index (κ1) is 14.2. The first-order valence-corrected chi connectivity index (χ1v) is 7.52. The van der Waals surface area contributed by atoms with Gasteiger partial charge in [-0.25, -0.2) is 4.39 Å². The van der Waals surface area contributed by atoms with Crippen molar-refractivity contribution < 1.29 is 9.18 Å². The summed E-state index contributed by atoms with van der Waals surface area (Å²) < 4.78 is 14.5. The van der Waals surface area contributed by atoms with Gasteiger partial charge in [-0.3, -0.25) is 4.79 Å². The molecule has 1 heterocycles. The largest absolute Gasteiger partial charge is 0.319 e. The van der Waals surface area contributed by atoms with Crippen LogP contribution in [0.2, 0.25) is 0 Å². The van der Waals surface area contributed by atoms with Gasteiger partial charge in [0, 0.05) is 16.6 Å². The number of rotatable bonds is 2. The maximum absolute atomic E-state index is 13.7. The van der Waals surface area contributed by atoms with Crippen molar-refractivity contribution in [3.05, 3.63) is 63.4 Å². The van der Waals surface area contributed by atoms with E-state index in [1.54, 1.807) is 18.2 Å². The van der Waals surface area contributed by atoms with Crippen LogP contribution in [-0.4, -0.2) is 12.5 Å². The first-order chi connectivity index (χ1) is 10.1. The van der Waals surface area contributed by atoms with Crippen LogP contribution in [0.25, 0.3) is 0 Å². The lowest BCUT2D eigenvalue weighted by atomic mass is 9.95. The highest BCUT2D eigenvalue weighted by Crippen LogP contribution is 2.23. The molecule has 0 aromatic heterocycles. The van der Waals surface area contributed by atoms with Crippen LogP contribution in [0.1, 0.15) is 21.5 Å². The minimum absolute atomic E-state index is 0.181. The summed E-state index contributed by atoms with van der Waals surface area (Å²) in [6.07, 6.45) is 0.805. The molecule has 0 atom stereocenters. The van der Waals surface area contributed by atoms with E-state index in [0.717, 1.165) is 35.1 Å². The van der Waals surface area contributed by atoms with Crippen molar-refractivity contribution in [1.82, 2.24) is 5.32 Å². The third-order valence-electron chi connectivity index (χ3n) is 3.56. The summed E-state index contributed by atoms with van der Waals surface area (Å²) in [6, 6.07) is 10.1. The normalized spacial score (nSPS) is 13.6. The Morgan fingerprint density at radius 3 is 3.00 bits per heavy atom. The fraction of sp³-hybridized carbons (Fsp3) is 0.188. The fourth-order valence-corrected chi connectivity index (χ4v) is 2.89. The van der Waals surface area contributed by atoms with Crippen LogP contribution < -0.4 is 10.6 Å². The Balaban J connectivity index is 1.91. The molecule has 0 radical (unpaired) electrons.